The molecule has 92 valence electrons. The number of aryl methyl sites for hydroxylation is 1. The third kappa shape index (κ3) is 2.83. The molecule has 1 aliphatic rings. The summed E-state index contributed by atoms with van der Waals surface area (Å²) in [5.41, 5.74) is 1.63. The second kappa shape index (κ2) is 4.98. The summed E-state index contributed by atoms with van der Waals surface area (Å²) in [4.78, 5) is 16.5. The highest BCUT2D eigenvalue weighted by Gasteiger charge is 2.37. The van der Waals surface area contributed by atoms with Gasteiger partial charge in [-0.1, -0.05) is 0 Å². The van der Waals surface area contributed by atoms with E-state index in [9.17, 15) is 4.79 Å². The molecule has 0 radical (unpaired) electrons. The number of halogens is 1. The number of hydrogen-bond donors (Lipinski definition) is 1. The molecule has 2 rings (SSSR count). The number of rotatable bonds is 2. The molecule has 0 aromatic carbocycles. The zero-order valence-electron chi connectivity index (χ0n) is 9.92. The largest absolute Gasteiger partial charge is 0.323 e. The van der Waals surface area contributed by atoms with Gasteiger partial charge < -0.3 is 5.32 Å². The van der Waals surface area contributed by atoms with E-state index in [0.717, 1.165) is 34.6 Å². The topological polar surface area (TPSA) is 42.0 Å². The summed E-state index contributed by atoms with van der Waals surface area (Å²) in [5.74, 6) is 1.16. The van der Waals surface area contributed by atoms with E-state index >= 15 is 0 Å². The maximum Gasteiger partial charge on any atom is 0.240 e. The van der Waals surface area contributed by atoms with Crippen LogP contribution in [0.25, 0.3) is 0 Å². The van der Waals surface area contributed by atoms with E-state index in [-0.39, 0.29) is 10.7 Å². The van der Waals surface area contributed by atoms with Gasteiger partial charge in [0, 0.05) is 0 Å². The van der Waals surface area contributed by atoms with Crippen LogP contribution in [0.3, 0.4) is 0 Å². The minimum Gasteiger partial charge on any atom is -0.323 e. The van der Waals surface area contributed by atoms with Gasteiger partial charge in [-0.15, -0.1) is 11.8 Å². The van der Waals surface area contributed by atoms with Crippen LogP contribution in [0, 0.1) is 6.92 Å². The Morgan fingerprint density at radius 3 is 2.94 bits per heavy atom. The summed E-state index contributed by atoms with van der Waals surface area (Å²) in [6, 6.07) is 3.72. The van der Waals surface area contributed by atoms with Crippen LogP contribution in [0.1, 0.15) is 25.5 Å². The molecule has 17 heavy (non-hydrogen) atoms. The zero-order chi connectivity index (χ0) is 12.5. The first-order valence-electron chi connectivity index (χ1n) is 5.60. The van der Waals surface area contributed by atoms with Crippen molar-refractivity contribution >= 4 is 39.3 Å². The minimum absolute atomic E-state index is 0.0900. The molecule has 3 nitrogen and oxygen atoms in total. The number of amides is 1. The van der Waals surface area contributed by atoms with Crippen molar-refractivity contribution in [3.8, 4) is 0 Å². The standard InChI is InChI=1S/C12H15BrN2OS/c1-8-9(4-5-10(13)14-8)15-11(16)12(2)6-3-7-17-12/h4-5H,3,6-7H2,1-2H3,(H,15,16). The van der Waals surface area contributed by atoms with Crippen molar-refractivity contribution < 1.29 is 4.79 Å². The van der Waals surface area contributed by atoms with Crippen molar-refractivity contribution in [2.24, 2.45) is 0 Å². The lowest BCUT2D eigenvalue weighted by molar-refractivity contribution is -0.118. The highest BCUT2D eigenvalue weighted by atomic mass is 79.9. The summed E-state index contributed by atoms with van der Waals surface area (Å²) in [5, 5.41) is 2.98. The Morgan fingerprint density at radius 1 is 1.59 bits per heavy atom. The number of carbonyl (C=O) groups is 1. The molecule has 2 heterocycles. The monoisotopic (exact) mass is 314 g/mol. The van der Waals surface area contributed by atoms with E-state index in [1.807, 2.05) is 26.0 Å². The van der Waals surface area contributed by atoms with E-state index in [4.69, 9.17) is 0 Å². The number of anilines is 1. The van der Waals surface area contributed by atoms with Gasteiger partial charge in [0.1, 0.15) is 4.60 Å². The van der Waals surface area contributed by atoms with Crippen molar-refractivity contribution in [1.29, 1.82) is 0 Å². The second-order valence-electron chi connectivity index (χ2n) is 4.40. The van der Waals surface area contributed by atoms with Gasteiger partial charge in [-0.2, -0.15) is 0 Å². The molecule has 1 aromatic rings. The first-order chi connectivity index (χ1) is 8.01. The Kier molecular flexibility index (Phi) is 3.78. The van der Waals surface area contributed by atoms with E-state index in [1.165, 1.54) is 0 Å². The van der Waals surface area contributed by atoms with Crippen molar-refractivity contribution in [1.82, 2.24) is 4.98 Å². The fraction of sp³-hybridized carbons (Fsp3) is 0.500. The normalized spacial score (nSPS) is 23.7. The van der Waals surface area contributed by atoms with Gasteiger partial charge >= 0.3 is 0 Å². The first kappa shape index (κ1) is 12.9. The first-order valence-corrected chi connectivity index (χ1v) is 7.38. The Balaban J connectivity index is 2.13. The molecule has 0 bridgehead atoms. The predicted molar refractivity (Wildman–Crippen MR) is 75.4 cm³/mol. The summed E-state index contributed by atoms with van der Waals surface area (Å²) in [6.45, 7) is 3.91. The molecule has 1 aliphatic heterocycles. The third-order valence-electron chi connectivity index (χ3n) is 3.00. The van der Waals surface area contributed by atoms with E-state index in [2.05, 4.69) is 26.2 Å². The molecule has 5 heteroatoms. The molecule has 1 saturated heterocycles. The van der Waals surface area contributed by atoms with E-state index in [0.29, 0.717) is 0 Å². The summed E-state index contributed by atoms with van der Waals surface area (Å²) in [7, 11) is 0. The molecule has 1 atom stereocenters. The molecule has 1 amide bonds. The van der Waals surface area contributed by atoms with Crippen molar-refractivity contribution in [2.45, 2.75) is 31.4 Å². The Hall–Kier alpha value is -0.550. The summed E-state index contributed by atoms with van der Waals surface area (Å²) >= 11 is 5.05. The lowest BCUT2D eigenvalue weighted by atomic mass is 10.0. The predicted octanol–water partition coefficient (Wildman–Crippen LogP) is 3.38. The number of nitrogens with zero attached hydrogens (tertiary/aromatic N) is 1. The quantitative estimate of drug-likeness (QED) is 0.851. The Bertz CT molecular complexity index is 444. The second-order valence-corrected chi connectivity index (χ2v) is 6.81. The van der Waals surface area contributed by atoms with Crippen LogP contribution >= 0.6 is 27.7 Å². The van der Waals surface area contributed by atoms with Gasteiger partial charge in [-0.25, -0.2) is 4.98 Å². The minimum atomic E-state index is -0.278. The van der Waals surface area contributed by atoms with Crippen molar-refractivity contribution in [3.63, 3.8) is 0 Å². The van der Waals surface area contributed by atoms with Crippen LogP contribution in [0.4, 0.5) is 5.69 Å². The van der Waals surface area contributed by atoms with Gasteiger partial charge in [0.15, 0.2) is 0 Å². The molecule has 0 aliphatic carbocycles. The number of carbonyl (C=O) groups excluding carboxylic acids is 1. The molecule has 0 spiro atoms. The van der Waals surface area contributed by atoms with Crippen LogP contribution < -0.4 is 5.32 Å². The smallest absolute Gasteiger partial charge is 0.240 e. The van der Waals surface area contributed by atoms with Crippen molar-refractivity contribution in [3.05, 3.63) is 22.4 Å². The highest BCUT2D eigenvalue weighted by molar-refractivity contribution is 9.10. The number of aromatic nitrogens is 1. The Morgan fingerprint density at radius 2 is 2.35 bits per heavy atom. The maximum absolute atomic E-state index is 12.2. The molecule has 0 saturated carbocycles. The zero-order valence-corrected chi connectivity index (χ0v) is 12.3. The van der Waals surface area contributed by atoms with Crippen LogP contribution in [0.5, 0.6) is 0 Å². The number of pyridine rings is 1. The average molecular weight is 315 g/mol. The fourth-order valence-corrected chi connectivity index (χ4v) is 3.48. The van der Waals surface area contributed by atoms with Gasteiger partial charge in [0.05, 0.1) is 16.1 Å². The summed E-state index contributed by atoms with van der Waals surface area (Å²) in [6.07, 6.45) is 2.07. The fourth-order valence-electron chi connectivity index (χ4n) is 1.88. The lowest BCUT2D eigenvalue weighted by Gasteiger charge is -2.21. The SMILES string of the molecule is Cc1nc(Br)ccc1NC(=O)C1(C)CCCS1. The molecular weight excluding hydrogens is 300 g/mol. The van der Waals surface area contributed by atoms with Gasteiger partial charge in [0.25, 0.3) is 0 Å². The Labute approximate surface area is 114 Å². The van der Waals surface area contributed by atoms with Gasteiger partial charge in [-0.05, 0) is 60.5 Å². The molecule has 1 fully saturated rings. The molecule has 1 N–H and O–H groups in total. The maximum atomic E-state index is 12.2. The third-order valence-corrected chi connectivity index (χ3v) is 4.96. The van der Waals surface area contributed by atoms with Gasteiger partial charge in [-0.3, -0.25) is 4.79 Å². The van der Waals surface area contributed by atoms with Gasteiger partial charge in [0.2, 0.25) is 5.91 Å². The highest BCUT2D eigenvalue weighted by Crippen LogP contribution is 2.38. The van der Waals surface area contributed by atoms with E-state index < -0.39 is 0 Å². The lowest BCUT2D eigenvalue weighted by Crippen LogP contribution is -2.34. The van der Waals surface area contributed by atoms with Crippen LogP contribution in [-0.2, 0) is 4.79 Å². The number of nitrogens with one attached hydrogen (secondary N) is 1. The molecular formula is C12H15BrN2OS. The van der Waals surface area contributed by atoms with E-state index in [1.54, 1.807) is 11.8 Å². The summed E-state index contributed by atoms with van der Waals surface area (Å²) < 4.78 is 0.508. The number of thioether (sulfide) groups is 1. The van der Waals surface area contributed by atoms with Crippen LogP contribution in [0.15, 0.2) is 16.7 Å². The molecule has 1 unspecified atom stereocenters. The van der Waals surface area contributed by atoms with Crippen LogP contribution in [0.2, 0.25) is 0 Å². The average Bonchev–Trinajstić information content (AvgIpc) is 2.71. The van der Waals surface area contributed by atoms with Crippen molar-refractivity contribution in [2.75, 3.05) is 11.1 Å². The van der Waals surface area contributed by atoms with Crippen LogP contribution in [-0.4, -0.2) is 21.4 Å². The molecule has 1 aromatic heterocycles. The number of hydrogen-bond acceptors (Lipinski definition) is 3.